The first kappa shape index (κ1) is 14.7. The summed E-state index contributed by atoms with van der Waals surface area (Å²) in [6.45, 7) is 1.03. The van der Waals surface area contributed by atoms with Crippen molar-refractivity contribution in [2.75, 3.05) is 6.54 Å². The van der Waals surface area contributed by atoms with Gasteiger partial charge in [-0.3, -0.25) is 4.79 Å². The van der Waals surface area contributed by atoms with Crippen LogP contribution in [0.1, 0.15) is 21.6 Å². The van der Waals surface area contributed by atoms with Crippen LogP contribution in [0.25, 0.3) is 11.3 Å². The number of nitrogens with two attached hydrogens (primary N) is 2. The van der Waals surface area contributed by atoms with Crippen molar-refractivity contribution in [1.82, 2.24) is 9.47 Å². The molecule has 0 fully saturated rings. The van der Waals surface area contributed by atoms with E-state index in [0.29, 0.717) is 24.5 Å². The van der Waals surface area contributed by atoms with Gasteiger partial charge in [0.1, 0.15) is 6.07 Å². The van der Waals surface area contributed by atoms with Crippen molar-refractivity contribution in [1.29, 1.82) is 5.26 Å². The molecule has 0 bridgehead atoms. The minimum atomic E-state index is -0.682. The van der Waals surface area contributed by atoms with Crippen LogP contribution in [0.5, 0.6) is 0 Å². The van der Waals surface area contributed by atoms with E-state index in [2.05, 4.69) is 6.07 Å². The molecule has 1 aliphatic heterocycles. The van der Waals surface area contributed by atoms with Gasteiger partial charge in [-0.1, -0.05) is 30.3 Å². The smallest absolute Gasteiger partial charge is 0.315 e. The van der Waals surface area contributed by atoms with Crippen molar-refractivity contribution < 1.29 is 9.59 Å². The van der Waals surface area contributed by atoms with Gasteiger partial charge in [0.15, 0.2) is 0 Å². The number of rotatable bonds is 2. The van der Waals surface area contributed by atoms with Gasteiger partial charge < -0.3 is 20.9 Å². The van der Waals surface area contributed by atoms with Crippen LogP contribution in [0, 0.1) is 11.3 Å². The lowest BCUT2D eigenvalue weighted by molar-refractivity contribution is 0.0996. The second kappa shape index (κ2) is 5.50. The van der Waals surface area contributed by atoms with E-state index in [9.17, 15) is 14.9 Å². The molecule has 3 rings (SSSR count). The number of fused-ring (bicyclic) bond motifs is 1. The third kappa shape index (κ3) is 2.30. The lowest BCUT2D eigenvalue weighted by atomic mass is 10.0. The zero-order chi connectivity index (χ0) is 16.6. The number of nitrogens with zero attached hydrogens (tertiary/aromatic N) is 3. The van der Waals surface area contributed by atoms with E-state index in [4.69, 9.17) is 11.5 Å². The molecule has 1 aromatic carbocycles. The average molecular weight is 309 g/mol. The number of carbonyl (C=O) groups is 2. The fourth-order valence-corrected chi connectivity index (χ4v) is 3.02. The number of benzene rings is 1. The summed E-state index contributed by atoms with van der Waals surface area (Å²) in [5.41, 5.74) is 13.3. The topological polar surface area (TPSA) is 118 Å². The highest BCUT2D eigenvalue weighted by Gasteiger charge is 2.31. The molecule has 0 atom stereocenters. The molecular formula is C16H15N5O2. The summed E-state index contributed by atoms with van der Waals surface area (Å²) in [7, 11) is 0. The predicted molar refractivity (Wildman–Crippen MR) is 83.1 cm³/mol. The zero-order valence-corrected chi connectivity index (χ0v) is 12.3. The Morgan fingerprint density at radius 2 is 1.83 bits per heavy atom. The molecule has 3 amide bonds. The van der Waals surface area contributed by atoms with Crippen LogP contribution >= 0.6 is 0 Å². The van der Waals surface area contributed by atoms with Gasteiger partial charge in [0.2, 0.25) is 0 Å². The Morgan fingerprint density at radius 1 is 1.13 bits per heavy atom. The molecule has 1 aliphatic rings. The van der Waals surface area contributed by atoms with Crippen LogP contribution in [0.4, 0.5) is 4.79 Å². The molecule has 0 unspecified atom stereocenters. The SMILES string of the molecule is N#Cc1c(C(N)=O)c2n(c1-c1ccccc1)CCN(C(N)=O)C2. The minimum Gasteiger partial charge on any atom is -0.366 e. The maximum absolute atomic E-state index is 11.9. The zero-order valence-electron chi connectivity index (χ0n) is 12.3. The molecule has 7 heteroatoms. The van der Waals surface area contributed by atoms with Crippen LogP contribution in [0.2, 0.25) is 0 Å². The Bertz CT molecular complexity index is 832. The Labute approximate surface area is 132 Å². The van der Waals surface area contributed by atoms with E-state index >= 15 is 0 Å². The van der Waals surface area contributed by atoms with Crippen molar-refractivity contribution in [3.05, 3.63) is 47.2 Å². The number of aromatic nitrogens is 1. The molecule has 0 radical (unpaired) electrons. The van der Waals surface area contributed by atoms with E-state index in [1.54, 1.807) is 0 Å². The van der Waals surface area contributed by atoms with Crippen LogP contribution in [-0.4, -0.2) is 28.0 Å². The summed E-state index contributed by atoms with van der Waals surface area (Å²) in [6, 6.07) is 10.9. The number of urea groups is 1. The quantitative estimate of drug-likeness (QED) is 0.862. The maximum atomic E-state index is 11.9. The Morgan fingerprint density at radius 3 is 2.39 bits per heavy atom. The van der Waals surface area contributed by atoms with Gasteiger partial charge >= 0.3 is 6.03 Å². The highest BCUT2D eigenvalue weighted by molar-refractivity contribution is 5.99. The predicted octanol–water partition coefficient (Wildman–Crippen LogP) is 1.02. The summed E-state index contributed by atoms with van der Waals surface area (Å²) in [5.74, 6) is -0.682. The van der Waals surface area contributed by atoms with Crippen LogP contribution < -0.4 is 11.5 Å². The summed E-state index contributed by atoms with van der Waals surface area (Å²) < 4.78 is 1.88. The number of amides is 3. The minimum absolute atomic E-state index is 0.162. The van der Waals surface area contributed by atoms with Crippen LogP contribution in [-0.2, 0) is 13.1 Å². The molecule has 0 spiro atoms. The normalized spacial score (nSPS) is 13.3. The highest BCUT2D eigenvalue weighted by atomic mass is 16.2. The monoisotopic (exact) mass is 309 g/mol. The first-order chi connectivity index (χ1) is 11.0. The average Bonchev–Trinajstić information content (AvgIpc) is 2.88. The second-order valence-electron chi connectivity index (χ2n) is 5.30. The number of nitriles is 1. The fourth-order valence-electron chi connectivity index (χ4n) is 3.02. The summed E-state index contributed by atoms with van der Waals surface area (Å²) in [6.07, 6.45) is 0. The highest BCUT2D eigenvalue weighted by Crippen LogP contribution is 2.33. The molecule has 4 N–H and O–H groups in total. The van der Waals surface area contributed by atoms with Gasteiger partial charge in [0.25, 0.3) is 5.91 Å². The first-order valence-electron chi connectivity index (χ1n) is 7.09. The molecule has 0 saturated carbocycles. The molecule has 23 heavy (non-hydrogen) atoms. The van der Waals surface area contributed by atoms with Gasteiger partial charge in [-0.2, -0.15) is 5.26 Å². The number of hydrogen-bond acceptors (Lipinski definition) is 3. The number of carbonyl (C=O) groups excluding carboxylic acids is 2. The van der Waals surface area contributed by atoms with Crippen molar-refractivity contribution in [2.24, 2.45) is 11.5 Å². The van der Waals surface area contributed by atoms with Crippen LogP contribution in [0.3, 0.4) is 0 Å². The molecule has 2 aromatic rings. The fraction of sp³-hybridized carbons (Fsp3) is 0.188. The van der Waals surface area contributed by atoms with Gasteiger partial charge in [0.05, 0.1) is 29.1 Å². The van der Waals surface area contributed by atoms with Gasteiger partial charge in [-0.05, 0) is 5.56 Å². The molecule has 0 aliphatic carbocycles. The lowest BCUT2D eigenvalue weighted by Gasteiger charge is -2.28. The van der Waals surface area contributed by atoms with Crippen molar-refractivity contribution in [2.45, 2.75) is 13.1 Å². The molecule has 7 nitrogen and oxygen atoms in total. The van der Waals surface area contributed by atoms with Crippen molar-refractivity contribution in [3.63, 3.8) is 0 Å². The largest absolute Gasteiger partial charge is 0.366 e. The lowest BCUT2D eigenvalue weighted by Crippen LogP contribution is -2.42. The van der Waals surface area contributed by atoms with Gasteiger partial charge in [0, 0.05) is 13.1 Å². The number of hydrogen-bond donors (Lipinski definition) is 2. The van der Waals surface area contributed by atoms with E-state index in [-0.39, 0.29) is 17.7 Å². The molecular weight excluding hydrogens is 294 g/mol. The standard InChI is InChI=1S/C16H15N5O2/c17-8-11-13(15(18)22)12-9-20(16(19)23)6-7-21(12)14(11)10-4-2-1-3-5-10/h1-5H,6-7,9H2,(H2,18,22)(H2,19,23). The van der Waals surface area contributed by atoms with E-state index in [1.165, 1.54) is 4.90 Å². The summed E-state index contributed by atoms with van der Waals surface area (Å²) in [4.78, 5) is 24.8. The van der Waals surface area contributed by atoms with Gasteiger partial charge in [-0.25, -0.2) is 4.79 Å². The Hall–Kier alpha value is -3.27. The third-order valence-corrected chi connectivity index (χ3v) is 4.02. The summed E-state index contributed by atoms with van der Waals surface area (Å²) >= 11 is 0. The first-order valence-corrected chi connectivity index (χ1v) is 7.09. The maximum Gasteiger partial charge on any atom is 0.315 e. The van der Waals surface area contributed by atoms with Crippen LogP contribution in [0.15, 0.2) is 30.3 Å². The second-order valence-corrected chi connectivity index (χ2v) is 5.30. The van der Waals surface area contributed by atoms with E-state index in [0.717, 1.165) is 5.56 Å². The Balaban J connectivity index is 2.27. The Kier molecular flexibility index (Phi) is 3.50. The van der Waals surface area contributed by atoms with Crippen molar-refractivity contribution >= 4 is 11.9 Å². The molecule has 1 aromatic heterocycles. The van der Waals surface area contributed by atoms with Gasteiger partial charge in [-0.15, -0.1) is 0 Å². The summed E-state index contributed by atoms with van der Waals surface area (Å²) in [5, 5.41) is 9.56. The van der Waals surface area contributed by atoms with E-state index < -0.39 is 11.9 Å². The van der Waals surface area contributed by atoms with E-state index in [1.807, 2.05) is 34.9 Å². The van der Waals surface area contributed by atoms with Crippen molar-refractivity contribution in [3.8, 4) is 17.3 Å². The third-order valence-electron chi connectivity index (χ3n) is 4.02. The number of primary amides is 2. The molecule has 2 heterocycles. The molecule has 0 saturated heterocycles. The molecule has 116 valence electrons.